The zero-order chi connectivity index (χ0) is 16.4. The van der Waals surface area contributed by atoms with E-state index in [2.05, 4.69) is 5.32 Å². The zero-order valence-corrected chi connectivity index (χ0v) is 13.6. The van der Waals surface area contributed by atoms with Crippen molar-refractivity contribution in [3.05, 3.63) is 29.5 Å². The fourth-order valence-electron chi connectivity index (χ4n) is 2.68. The van der Waals surface area contributed by atoms with Gasteiger partial charge in [-0.2, -0.15) is 0 Å². The summed E-state index contributed by atoms with van der Waals surface area (Å²) < 4.78 is 10.6. The number of hydrogen-bond acceptors (Lipinski definition) is 5. The van der Waals surface area contributed by atoms with Crippen molar-refractivity contribution in [2.75, 3.05) is 20.3 Å². The SMILES string of the molecule is COc1cc(/C=C2\NC(=S)N(C[C@H]3CCCO3)C2=O)ccc1O. The number of phenols is 1. The van der Waals surface area contributed by atoms with Crippen molar-refractivity contribution < 1.29 is 19.4 Å². The van der Waals surface area contributed by atoms with Crippen LogP contribution in [0.5, 0.6) is 11.5 Å². The van der Waals surface area contributed by atoms with Gasteiger partial charge in [0.2, 0.25) is 0 Å². The fraction of sp³-hybridized carbons (Fsp3) is 0.375. The summed E-state index contributed by atoms with van der Waals surface area (Å²) in [5.41, 5.74) is 1.14. The average Bonchev–Trinajstić information content (AvgIpc) is 3.14. The van der Waals surface area contributed by atoms with Gasteiger partial charge in [-0.05, 0) is 48.8 Å². The summed E-state index contributed by atoms with van der Waals surface area (Å²) >= 11 is 5.25. The van der Waals surface area contributed by atoms with Crippen molar-refractivity contribution in [2.24, 2.45) is 0 Å². The highest BCUT2D eigenvalue weighted by Crippen LogP contribution is 2.27. The fourth-order valence-corrected chi connectivity index (χ4v) is 2.95. The van der Waals surface area contributed by atoms with E-state index in [0.717, 1.165) is 25.0 Å². The van der Waals surface area contributed by atoms with E-state index in [-0.39, 0.29) is 17.8 Å². The monoisotopic (exact) mass is 334 g/mol. The van der Waals surface area contributed by atoms with Crippen LogP contribution in [-0.4, -0.2) is 47.4 Å². The molecule has 0 spiro atoms. The number of methoxy groups -OCH3 is 1. The summed E-state index contributed by atoms with van der Waals surface area (Å²) in [5, 5.41) is 12.9. The third kappa shape index (κ3) is 3.30. The first-order valence-electron chi connectivity index (χ1n) is 7.41. The number of thiocarbonyl (C=S) groups is 1. The molecule has 0 bridgehead atoms. The lowest BCUT2D eigenvalue weighted by molar-refractivity contribution is -0.123. The van der Waals surface area contributed by atoms with Gasteiger partial charge in [0.05, 0.1) is 19.8 Å². The number of carbonyl (C=O) groups excluding carboxylic acids is 1. The van der Waals surface area contributed by atoms with Crippen LogP contribution in [0.2, 0.25) is 0 Å². The summed E-state index contributed by atoms with van der Waals surface area (Å²) in [6.07, 6.45) is 3.70. The van der Waals surface area contributed by atoms with Crippen LogP contribution in [-0.2, 0) is 9.53 Å². The summed E-state index contributed by atoms with van der Waals surface area (Å²) in [7, 11) is 1.48. The number of hydrogen-bond donors (Lipinski definition) is 2. The molecule has 2 aliphatic heterocycles. The van der Waals surface area contributed by atoms with Crippen LogP contribution in [0.3, 0.4) is 0 Å². The lowest BCUT2D eigenvalue weighted by Crippen LogP contribution is -2.37. The Morgan fingerprint density at radius 1 is 1.57 bits per heavy atom. The molecule has 2 N–H and O–H groups in total. The first kappa shape index (κ1) is 15.8. The first-order chi connectivity index (χ1) is 11.1. The van der Waals surface area contributed by atoms with Crippen molar-refractivity contribution >= 4 is 29.3 Å². The molecule has 2 saturated heterocycles. The second kappa shape index (κ2) is 6.55. The Hall–Kier alpha value is -2.12. The van der Waals surface area contributed by atoms with Crippen molar-refractivity contribution in [1.82, 2.24) is 10.2 Å². The molecule has 3 rings (SSSR count). The minimum Gasteiger partial charge on any atom is -0.504 e. The molecule has 2 aliphatic rings. The molecule has 0 aliphatic carbocycles. The third-order valence-electron chi connectivity index (χ3n) is 3.89. The van der Waals surface area contributed by atoms with Crippen LogP contribution in [0.15, 0.2) is 23.9 Å². The van der Waals surface area contributed by atoms with Gasteiger partial charge in [-0.3, -0.25) is 9.69 Å². The quantitative estimate of drug-likeness (QED) is 0.644. The lowest BCUT2D eigenvalue weighted by Gasteiger charge is -2.18. The maximum Gasteiger partial charge on any atom is 0.276 e. The van der Waals surface area contributed by atoms with Gasteiger partial charge in [0, 0.05) is 6.61 Å². The van der Waals surface area contributed by atoms with Crippen LogP contribution in [0, 0.1) is 0 Å². The van der Waals surface area contributed by atoms with Crippen molar-refractivity contribution in [1.29, 1.82) is 0 Å². The molecule has 1 aromatic carbocycles. The molecule has 0 saturated carbocycles. The summed E-state index contributed by atoms with van der Waals surface area (Å²) in [6.45, 7) is 1.21. The largest absolute Gasteiger partial charge is 0.504 e. The molecule has 122 valence electrons. The summed E-state index contributed by atoms with van der Waals surface area (Å²) in [5.74, 6) is 0.233. The van der Waals surface area contributed by atoms with Gasteiger partial charge in [-0.15, -0.1) is 0 Å². The minimum absolute atomic E-state index is 0.0480. The number of benzene rings is 1. The maximum absolute atomic E-state index is 12.5. The van der Waals surface area contributed by atoms with Gasteiger partial charge in [-0.25, -0.2) is 0 Å². The second-order valence-corrected chi connectivity index (χ2v) is 5.86. The van der Waals surface area contributed by atoms with E-state index in [1.165, 1.54) is 18.1 Å². The molecule has 7 heteroatoms. The van der Waals surface area contributed by atoms with Crippen LogP contribution < -0.4 is 10.1 Å². The molecule has 0 unspecified atom stereocenters. The molecule has 0 radical (unpaired) electrons. The number of nitrogens with one attached hydrogen (secondary N) is 1. The molecule has 1 aromatic rings. The van der Waals surface area contributed by atoms with Crippen LogP contribution in [0.1, 0.15) is 18.4 Å². The molecular formula is C16H18N2O4S. The Kier molecular flexibility index (Phi) is 4.49. The van der Waals surface area contributed by atoms with E-state index in [0.29, 0.717) is 23.1 Å². The number of amides is 1. The average molecular weight is 334 g/mol. The molecule has 23 heavy (non-hydrogen) atoms. The van der Waals surface area contributed by atoms with Gasteiger partial charge in [0.1, 0.15) is 5.70 Å². The topological polar surface area (TPSA) is 71.0 Å². The van der Waals surface area contributed by atoms with Gasteiger partial charge < -0.3 is 19.9 Å². The van der Waals surface area contributed by atoms with E-state index >= 15 is 0 Å². The lowest BCUT2D eigenvalue weighted by atomic mass is 10.1. The number of phenolic OH excluding ortho intramolecular Hbond substituents is 1. The number of ether oxygens (including phenoxy) is 2. The second-order valence-electron chi connectivity index (χ2n) is 5.47. The van der Waals surface area contributed by atoms with Crippen molar-refractivity contribution in [2.45, 2.75) is 18.9 Å². The van der Waals surface area contributed by atoms with E-state index < -0.39 is 0 Å². The van der Waals surface area contributed by atoms with Crippen molar-refractivity contribution in [3.8, 4) is 11.5 Å². The molecule has 1 atom stereocenters. The summed E-state index contributed by atoms with van der Waals surface area (Å²) in [6, 6.07) is 4.88. The van der Waals surface area contributed by atoms with E-state index in [9.17, 15) is 9.90 Å². The normalized spacial score (nSPS) is 22.7. The Labute approximate surface area is 139 Å². The van der Waals surface area contributed by atoms with Crippen LogP contribution in [0.25, 0.3) is 6.08 Å². The highest BCUT2D eigenvalue weighted by Gasteiger charge is 2.33. The van der Waals surface area contributed by atoms with E-state index in [1.807, 2.05) is 0 Å². The molecule has 0 aromatic heterocycles. The number of nitrogens with zero attached hydrogens (tertiary/aromatic N) is 1. The third-order valence-corrected chi connectivity index (χ3v) is 4.21. The summed E-state index contributed by atoms with van der Waals surface area (Å²) in [4.78, 5) is 14.0. The number of aromatic hydroxyl groups is 1. The highest BCUT2D eigenvalue weighted by molar-refractivity contribution is 7.80. The molecule has 2 fully saturated rings. The minimum atomic E-state index is -0.169. The zero-order valence-electron chi connectivity index (χ0n) is 12.7. The standard InChI is InChI=1S/C16H18N2O4S/c1-21-14-8-10(4-5-13(14)19)7-12-15(20)18(16(23)17-12)9-11-3-2-6-22-11/h4-5,7-8,11,19H,2-3,6,9H2,1H3,(H,17,23)/b12-7-/t11-/m1/s1. The molecule has 2 heterocycles. The van der Waals surface area contributed by atoms with E-state index in [1.54, 1.807) is 18.2 Å². The number of carbonyl (C=O) groups is 1. The highest BCUT2D eigenvalue weighted by atomic mass is 32.1. The van der Waals surface area contributed by atoms with Crippen LogP contribution in [0.4, 0.5) is 0 Å². The van der Waals surface area contributed by atoms with Gasteiger partial charge in [-0.1, -0.05) is 6.07 Å². The van der Waals surface area contributed by atoms with Gasteiger partial charge >= 0.3 is 0 Å². The van der Waals surface area contributed by atoms with Gasteiger partial charge in [0.25, 0.3) is 5.91 Å². The Bertz CT molecular complexity index is 668. The molecule has 6 nitrogen and oxygen atoms in total. The smallest absolute Gasteiger partial charge is 0.276 e. The predicted molar refractivity (Wildman–Crippen MR) is 89.1 cm³/mol. The Balaban J connectivity index is 1.78. The molecular weight excluding hydrogens is 316 g/mol. The maximum atomic E-state index is 12.5. The van der Waals surface area contributed by atoms with Gasteiger partial charge in [0.15, 0.2) is 16.6 Å². The van der Waals surface area contributed by atoms with Crippen molar-refractivity contribution in [3.63, 3.8) is 0 Å². The Morgan fingerprint density at radius 2 is 2.39 bits per heavy atom. The van der Waals surface area contributed by atoms with E-state index in [4.69, 9.17) is 21.7 Å². The Morgan fingerprint density at radius 3 is 3.09 bits per heavy atom. The predicted octanol–water partition coefficient (Wildman–Crippen LogP) is 1.64. The first-order valence-corrected chi connectivity index (χ1v) is 7.82. The van der Waals surface area contributed by atoms with Crippen LogP contribution >= 0.6 is 12.2 Å². The number of rotatable bonds is 4. The molecule has 1 amide bonds.